The Morgan fingerprint density at radius 1 is 1.07 bits per heavy atom. The van der Waals surface area contributed by atoms with Crippen molar-refractivity contribution in [1.82, 2.24) is 0 Å². The van der Waals surface area contributed by atoms with Gasteiger partial charge < -0.3 is 10.4 Å². The van der Waals surface area contributed by atoms with E-state index in [-0.39, 0.29) is 26.5 Å². The van der Waals surface area contributed by atoms with Gasteiger partial charge in [-0.05, 0) is 53.9 Å². The van der Waals surface area contributed by atoms with Crippen LogP contribution in [-0.2, 0) is 14.8 Å². The maximum Gasteiger partial charge on any atom is 0.337 e. The van der Waals surface area contributed by atoms with Crippen molar-refractivity contribution in [3.8, 4) is 0 Å². The number of thioether (sulfide) groups is 1. The molecule has 0 radical (unpaired) electrons. The Morgan fingerprint density at radius 2 is 1.77 bits per heavy atom. The molecule has 3 rings (SSSR count). The van der Waals surface area contributed by atoms with Crippen LogP contribution >= 0.6 is 34.7 Å². The number of halogens is 1. The lowest BCUT2D eigenvalue weighted by Gasteiger charge is -2.08. The minimum Gasteiger partial charge on any atom is -0.478 e. The van der Waals surface area contributed by atoms with Crippen molar-refractivity contribution in [2.75, 3.05) is 15.8 Å². The zero-order chi connectivity index (χ0) is 21.7. The van der Waals surface area contributed by atoms with Gasteiger partial charge in [-0.1, -0.05) is 17.7 Å². The van der Waals surface area contributed by atoms with Gasteiger partial charge in [0, 0.05) is 16.3 Å². The quantitative estimate of drug-likeness (QED) is 0.403. The average molecular weight is 483 g/mol. The van der Waals surface area contributed by atoms with Gasteiger partial charge in [0.05, 0.1) is 16.3 Å². The van der Waals surface area contributed by atoms with Crippen LogP contribution in [0, 0.1) is 0 Å². The Kier molecular flexibility index (Phi) is 7.03. The van der Waals surface area contributed by atoms with Gasteiger partial charge in [0.2, 0.25) is 5.91 Å². The molecule has 3 aromatic rings. The van der Waals surface area contributed by atoms with E-state index >= 15 is 0 Å². The summed E-state index contributed by atoms with van der Waals surface area (Å²) in [4.78, 5) is 24.0. The van der Waals surface area contributed by atoms with Crippen molar-refractivity contribution < 1.29 is 23.1 Å². The van der Waals surface area contributed by atoms with Gasteiger partial charge in [0.1, 0.15) is 4.21 Å². The average Bonchev–Trinajstić information content (AvgIpc) is 3.24. The van der Waals surface area contributed by atoms with E-state index in [0.29, 0.717) is 11.4 Å². The molecule has 1 amide bonds. The highest BCUT2D eigenvalue weighted by Crippen LogP contribution is 2.25. The normalized spacial score (nSPS) is 11.1. The summed E-state index contributed by atoms with van der Waals surface area (Å²) in [5.41, 5.74) is 0.656. The largest absolute Gasteiger partial charge is 0.478 e. The van der Waals surface area contributed by atoms with E-state index in [9.17, 15) is 18.0 Å². The molecular formula is C19H15ClN2O5S3. The third-order valence-corrected chi connectivity index (χ3v) is 7.84. The number of hydrogen-bond acceptors (Lipinski definition) is 6. The molecule has 7 nitrogen and oxygen atoms in total. The third kappa shape index (κ3) is 5.76. The van der Waals surface area contributed by atoms with E-state index in [0.717, 1.165) is 16.2 Å². The van der Waals surface area contributed by atoms with Gasteiger partial charge in [-0.3, -0.25) is 9.52 Å². The molecule has 1 aromatic heterocycles. The lowest BCUT2D eigenvalue weighted by Crippen LogP contribution is -2.14. The van der Waals surface area contributed by atoms with Gasteiger partial charge in [-0.25, -0.2) is 13.2 Å². The number of rotatable bonds is 8. The number of carboxylic acid groups (broad SMARTS) is 1. The molecule has 0 aliphatic carbocycles. The molecule has 3 N–H and O–H groups in total. The van der Waals surface area contributed by atoms with Gasteiger partial charge in [0.15, 0.2) is 0 Å². The van der Waals surface area contributed by atoms with E-state index in [1.165, 1.54) is 36.0 Å². The highest BCUT2D eigenvalue weighted by molar-refractivity contribution is 8.00. The molecule has 1 heterocycles. The van der Waals surface area contributed by atoms with Crippen LogP contribution in [0.5, 0.6) is 0 Å². The number of hydrogen-bond donors (Lipinski definition) is 3. The molecule has 0 saturated heterocycles. The van der Waals surface area contributed by atoms with Gasteiger partial charge in [-0.2, -0.15) is 0 Å². The number of nitrogens with one attached hydrogen (secondary N) is 2. The molecule has 0 aliphatic heterocycles. The van der Waals surface area contributed by atoms with Crippen molar-refractivity contribution in [2.45, 2.75) is 9.10 Å². The first-order valence-corrected chi connectivity index (χ1v) is 12.1. The number of aromatic carboxylic acids is 1. The Bertz CT molecular complexity index is 1160. The molecule has 0 atom stereocenters. The molecule has 0 aliphatic rings. The Balaban J connectivity index is 1.55. The topological polar surface area (TPSA) is 113 Å². The molecule has 2 aromatic carbocycles. The Labute approximate surface area is 186 Å². The summed E-state index contributed by atoms with van der Waals surface area (Å²) in [6.07, 6.45) is 0. The van der Waals surface area contributed by atoms with Gasteiger partial charge in [0.25, 0.3) is 10.0 Å². The van der Waals surface area contributed by atoms with Crippen LogP contribution in [-0.4, -0.2) is 31.2 Å². The van der Waals surface area contributed by atoms with E-state index in [1.807, 2.05) is 0 Å². The predicted octanol–water partition coefficient (Wildman–Crippen LogP) is 4.63. The standard InChI is InChI=1S/C19H15ClN2O5S3/c20-16-8-5-13(10-15(16)19(24)25)21-17(23)11-29-14-6-3-12(4-7-14)22-30(26,27)18-2-1-9-28-18/h1-10,22H,11H2,(H,21,23)(H,24,25). The van der Waals surface area contributed by atoms with Crippen molar-refractivity contribution in [2.24, 2.45) is 0 Å². The number of thiophene rings is 1. The van der Waals surface area contributed by atoms with Crippen LogP contribution in [0.3, 0.4) is 0 Å². The fourth-order valence-electron chi connectivity index (χ4n) is 2.35. The first kappa shape index (κ1) is 22.2. The number of carbonyl (C=O) groups is 2. The number of carbonyl (C=O) groups excluding carboxylic acids is 1. The van der Waals surface area contributed by atoms with Crippen molar-refractivity contribution in [3.05, 3.63) is 70.6 Å². The molecule has 30 heavy (non-hydrogen) atoms. The summed E-state index contributed by atoms with van der Waals surface area (Å²) in [6, 6.07) is 14.0. The number of sulfonamides is 1. The highest BCUT2D eigenvalue weighted by atomic mass is 35.5. The second-order valence-corrected chi connectivity index (χ2v) is 10.2. The predicted molar refractivity (Wildman–Crippen MR) is 119 cm³/mol. The molecule has 0 spiro atoms. The SMILES string of the molecule is O=C(CSc1ccc(NS(=O)(=O)c2cccs2)cc1)Nc1ccc(Cl)c(C(=O)O)c1. The fourth-order valence-corrected chi connectivity index (χ4v) is 5.30. The smallest absolute Gasteiger partial charge is 0.337 e. The molecule has 0 bridgehead atoms. The van der Waals surface area contributed by atoms with E-state index < -0.39 is 16.0 Å². The molecule has 11 heteroatoms. The van der Waals surface area contributed by atoms with Crippen LogP contribution in [0.4, 0.5) is 11.4 Å². The summed E-state index contributed by atoms with van der Waals surface area (Å²) < 4.78 is 27.2. The first-order valence-electron chi connectivity index (χ1n) is 8.36. The van der Waals surface area contributed by atoms with E-state index in [1.54, 1.807) is 35.7 Å². The molecule has 0 saturated carbocycles. The number of carboxylic acids is 1. The summed E-state index contributed by atoms with van der Waals surface area (Å²) >= 11 is 8.20. The lowest BCUT2D eigenvalue weighted by atomic mass is 10.2. The minimum absolute atomic E-state index is 0.0877. The van der Waals surface area contributed by atoms with Gasteiger partial charge >= 0.3 is 5.97 Å². The van der Waals surface area contributed by atoms with Crippen LogP contribution in [0.2, 0.25) is 5.02 Å². The molecule has 0 unspecified atom stereocenters. The van der Waals surface area contributed by atoms with E-state index in [2.05, 4.69) is 10.0 Å². The van der Waals surface area contributed by atoms with Crippen LogP contribution in [0.25, 0.3) is 0 Å². The van der Waals surface area contributed by atoms with Crippen LogP contribution < -0.4 is 10.0 Å². The second-order valence-electron chi connectivity index (χ2n) is 5.90. The number of benzene rings is 2. The molecule has 0 fully saturated rings. The Hall–Kier alpha value is -2.53. The minimum atomic E-state index is -3.61. The number of anilines is 2. The number of amides is 1. The van der Waals surface area contributed by atoms with Crippen LogP contribution in [0.1, 0.15) is 10.4 Å². The van der Waals surface area contributed by atoms with Crippen molar-refractivity contribution in [1.29, 1.82) is 0 Å². The monoisotopic (exact) mass is 482 g/mol. The zero-order valence-electron chi connectivity index (χ0n) is 15.2. The third-order valence-electron chi connectivity index (χ3n) is 3.72. The van der Waals surface area contributed by atoms with Crippen molar-refractivity contribution >= 4 is 68.0 Å². The fraction of sp³-hybridized carbons (Fsp3) is 0.0526. The Morgan fingerprint density at radius 3 is 2.40 bits per heavy atom. The van der Waals surface area contributed by atoms with E-state index in [4.69, 9.17) is 16.7 Å². The van der Waals surface area contributed by atoms with Gasteiger partial charge in [-0.15, -0.1) is 23.1 Å². The summed E-state index contributed by atoms with van der Waals surface area (Å²) in [7, 11) is -3.61. The first-order chi connectivity index (χ1) is 14.2. The van der Waals surface area contributed by atoms with Crippen LogP contribution in [0.15, 0.2) is 69.1 Å². The van der Waals surface area contributed by atoms with Crippen molar-refractivity contribution in [3.63, 3.8) is 0 Å². The molecule has 156 valence electrons. The maximum atomic E-state index is 12.2. The zero-order valence-corrected chi connectivity index (χ0v) is 18.4. The summed E-state index contributed by atoms with van der Waals surface area (Å²) in [6.45, 7) is 0. The molecular weight excluding hydrogens is 468 g/mol. The summed E-state index contributed by atoms with van der Waals surface area (Å²) in [5, 5.41) is 13.5. The maximum absolute atomic E-state index is 12.2. The summed E-state index contributed by atoms with van der Waals surface area (Å²) in [5.74, 6) is -1.41. The lowest BCUT2D eigenvalue weighted by molar-refractivity contribution is -0.113. The second kappa shape index (κ2) is 9.52. The highest BCUT2D eigenvalue weighted by Gasteiger charge is 2.15.